The van der Waals surface area contributed by atoms with E-state index >= 15 is 0 Å². The highest BCUT2D eigenvalue weighted by Crippen LogP contribution is 2.24. The van der Waals surface area contributed by atoms with Crippen LogP contribution in [0.15, 0.2) is 58.0 Å². The molecule has 0 saturated heterocycles. The van der Waals surface area contributed by atoms with Gasteiger partial charge in [0.2, 0.25) is 15.9 Å². The number of ether oxygens (including phenoxy) is 1. The van der Waals surface area contributed by atoms with Crippen LogP contribution in [0.4, 0.5) is 0 Å². The first kappa shape index (κ1) is 18.5. The van der Waals surface area contributed by atoms with Crippen molar-refractivity contribution in [3.8, 4) is 17.3 Å². The zero-order valence-corrected chi connectivity index (χ0v) is 16.5. The third-order valence-electron chi connectivity index (χ3n) is 3.83. The molecule has 144 valence electrons. The smallest absolute Gasteiger partial charge is 0.240 e. The van der Waals surface area contributed by atoms with Crippen molar-refractivity contribution in [1.82, 2.24) is 19.9 Å². The molecule has 1 N–H and O–H groups in total. The Morgan fingerprint density at radius 2 is 2.07 bits per heavy atom. The minimum absolute atomic E-state index is 0.101. The largest absolute Gasteiger partial charge is 0.475 e. The van der Waals surface area contributed by atoms with Crippen LogP contribution >= 0.6 is 11.3 Å². The Balaban J connectivity index is 1.33. The molecule has 3 aromatic heterocycles. The van der Waals surface area contributed by atoms with E-state index in [4.69, 9.17) is 9.15 Å². The van der Waals surface area contributed by atoms with Crippen molar-refractivity contribution >= 4 is 31.6 Å². The lowest BCUT2D eigenvalue weighted by Crippen LogP contribution is -2.28. The van der Waals surface area contributed by atoms with Crippen molar-refractivity contribution in [2.24, 2.45) is 0 Å². The number of benzene rings is 1. The zero-order valence-electron chi connectivity index (χ0n) is 14.8. The number of hydrogen-bond acceptors (Lipinski definition) is 8. The van der Waals surface area contributed by atoms with Crippen molar-refractivity contribution in [2.75, 3.05) is 13.2 Å². The number of rotatable bonds is 7. The van der Waals surface area contributed by atoms with Crippen LogP contribution in [0.1, 0.15) is 5.01 Å². The van der Waals surface area contributed by atoms with Crippen molar-refractivity contribution < 1.29 is 17.6 Å². The van der Waals surface area contributed by atoms with Crippen molar-refractivity contribution in [1.29, 1.82) is 0 Å². The third kappa shape index (κ3) is 4.03. The van der Waals surface area contributed by atoms with Crippen LogP contribution in [0.25, 0.3) is 21.7 Å². The van der Waals surface area contributed by atoms with Gasteiger partial charge in [-0.15, -0.1) is 21.5 Å². The fourth-order valence-corrected chi connectivity index (χ4v) is 4.53. The van der Waals surface area contributed by atoms with Crippen LogP contribution in [0, 0.1) is 6.92 Å². The highest BCUT2D eigenvalue weighted by atomic mass is 32.2. The number of aromatic nitrogens is 3. The summed E-state index contributed by atoms with van der Waals surface area (Å²) in [7, 11) is -3.63. The van der Waals surface area contributed by atoms with Gasteiger partial charge in [-0.1, -0.05) is 0 Å². The van der Waals surface area contributed by atoms with Gasteiger partial charge in [0.25, 0.3) is 0 Å². The second-order valence-corrected chi connectivity index (χ2v) is 8.84. The molecule has 0 atom stereocenters. The summed E-state index contributed by atoms with van der Waals surface area (Å²) in [4.78, 5) is 4.53. The molecule has 0 fully saturated rings. The van der Waals surface area contributed by atoms with E-state index < -0.39 is 10.0 Å². The van der Waals surface area contributed by atoms with Gasteiger partial charge in [0.1, 0.15) is 12.3 Å². The average Bonchev–Trinajstić information content (AvgIpc) is 3.34. The highest BCUT2D eigenvalue weighted by Gasteiger charge is 2.15. The van der Waals surface area contributed by atoms with E-state index in [1.807, 2.05) is 6.92 Å². The molecular formula is C18H16N4O4S2. The summed E-state index contributed by atoms with van der Waals surface area (Å²) in [6, 6.07) is 11.8. The van der Waals surface area contributed by atoms with Crippen LogP contribution in [-0.4, -0.2) is 36.8 Å². The molecule has 0 amide bonds. The molecule has 8 nitrogen and oxygen atoms in total. The van der Waals surface area contributed by atoms with Gasteiger partial charge in [0, 0.05) is 12.6 Å². The quantitative estimate of drug-likeness (QED) is 0.461. The first-order valence-electron chi connectivity index (χ1n) is 8.38. The van der Waals surface area contributed by atoms with E-state index in [1.165, 1.54) is 11.3 Å². The SMILES string of the molecule is Cc1nc2ccc(S(=O)(=O)NCCOc3ccc(-c4ccco4)nn3)cc2s1. The summed E-state index contributed by atoms with van der Waals surface area (Å²) in [5, 5.41) is 8.86. The number of furan rings is 1. The number of fused-ring (bicyclic) bond motifs is 1. The van der Waals surface area contributed by atoms with Crippen LogP contribution in [-0.2, 0) is 10.0 Å². The van der Waals surface area contributed by atoms with Crippen LogP contribution in [0.3, 0.4) is 0 Å². The predicted octanol–water partition coefficient (Wildman–Crippen LogP) is 3.01. The average molecular weight is 416 g/mol. The topological polar surface area (TPSA) is 107 Å². The Hall–Kier alpha value is -2.82. The normalized spacial score (nSPS) is 11.8. The fourth-order valence-electron chi connectivity index (χ4n) is 2.56. The lowest BCUT2D eigenvalue weighted by Gasteiger charge is -2.08. The van der Waals surface area contributed by atoms with Gasteiger partial charge < -0.3 is 9.15 Å². The molecule has 3 heterocycles. The van der Waals surface area contributed by atoms with Gasteiger partial charge in [-0.3, -0.25) is 0 Å². The summed E-state index contributed by atoms with van der Waals surface area (Å²) in [6.45, 7) is 2.11. The van der Waals surface area contributed by atoms with Crippen molar-refractivity contribution in [3.05, 3.63) is 53.7 Å². The molecule has 4 rings (SSSR count). The van der Waals surface area contributed by atoms with E-state index in [2.05, 4.69) is 19.9 Å². The molecule has 0 saturated carbocycles. The maximum absolute atomic E-state index is 12.4. The maximum Gasteiger partial charge on any atom is 0.240 e. The molecule has 0 radical (unpaired) electrons. The van der Waals surface area contributed by atoms with Crippen molar-refractivity contribution in [2.45, 2.75) is 11.8 Å². The van der Waals surface area contributed by atoms with E-state index in [9.17, 15) is 8.42 Å². The monoisotopic (exact) mass is 416 g/mol. The molecule has 0 aliphatic heterocycles. The molecule has 0 bridgehead atoms. The first-order chi connectivity index (χ1) is 13.5. The van der Waals surface area contributed by atoms with Crippen LogP contribution < -0.4 is 9.46 Å². The number of thiazole rings is 1. The molecular weight excluding hydrogens is 400 g/mol. The summed E-state index contributed by atoms with van der Waals surface area (Å²) in [5.41, 5.74) is 1.38. The minimum atomic E-state index is -3.63. The van der Waals surface area contributed by atoms with E-state index in [-0.39, 0.29) is 18.0 Å². The predicted molar refractivity (Wildman–Crippen MR) is 105 cm³/mol. The van der Waals surface area contributed by atoms with Gasteiger partial charge in [-0.2, -0.15) is 0 Å². The van der Waals surface area contributed by atoms with Gasteiger partial charge in [0.05, 0.1) is 26.4 Å². The lowest BCUT2D eigenvalue weighted by molar-refractivity contribution is 0.307. The first-order valence-corrected chi connectivity index (χ1v) is 10.7. The Morgan fingerprint density at radius 1 is 1.18 bits per heavy atom. The van der Waals surface area contributed by atoms with E-state index in [0.29, 0.717) is 17.3 Å². The van der Waals surface area contributed by atoms with Crippen molar-refractivity contribution in [3.63, 3.8) is 0 Å². The molecule has 28 heavy (non-hydrogen) atoms. The zero-order chi connectivity index (χ0) is 19.6. The molecule has 1 aromatic carbocycles. The van der Waals surface area contributed by atoms with Crippen LogP contribution in [0.5, 0.6) is 5.88 Å². The van der Waals surface area contributed by atoms with Gasteiger partial charge in [-0.25, -0.2) is 18.1 Å². The summed E-state index contributed by atoms with van der Waals surface area (Å²) < 4.78 is 38.9. The third-order valence-corrected chi connectivity index (χ3v) is 6.23. The van der Waals surface area contributed by atoms with E-state index in [1.54, 1.807) is 48.7 Å². The lowest BCUT2D eigenvalue weighted by atomic mass is 10.3. The molecule has 10 heteroatoms. The Kier molecular flexibility index (Phi) is 5.07. The molecule has 0 aliphatic carbocycles. The number of sulfonamides is 1. The Bertz CT molecular complexity index is 1190. The minimum Gasteiger partial charge on any atom is -0.475 e. The summed E-state index contributed by atoms with van der Waals surface area (Å²) >= 11 is 1.46. The Labute approximate surface area is 165 Å². The molecule has 4 aromatic rings. The Morgan fingerprint density at radius 3 is 2.82 bits per heavy atom. The number of hydrogen-bond donors (Lipinski definition) is 1. The standard InChI is InChI=1S/C18H16N4O4S2/c1-12-20-15-5-4-13(11-17(15)27-12)28(23,24)19-8-10-26-18-7-6-14(21-22-18)16-3-2-9-25-16/h2-7,9,11,19H,8,10H2,1H3. The van der Waals surface area contributed by atoms with Gasteiger partial charge in [0.15, 0.2) is 5.76 Å². The molecule has 0 spiro atoms. The maximum atomic E-state index is 12.4. The summed E-state index contributed by atoms with van der Waals surface area (Å²) in [5.74, 6) is 0.913. The van der Waals surface area contributed by atoms with Crippen LogP contribution in [0.2, 0.25) is 0 Å². The second kappa shape index (κ2) is 7.66. The molecule has 0 unspecified atom stereocenters. The fraction of sp³-hybridized carbons (Fsp3) is 0.167. The number of aryl methyl sites for hydroxylation is 1. The number of nitrogens with zero attached hydrogens (tertiary/aromatic N) is 3. The highest BCUT2D eigenvalue weighted by molar-refractivity contribution is 7.89. The second-order valence-electron chi connectivity index (χ2n) is 5.84. The van der Waals surface area contributed by atoms with Gasteiger partial charge in [-0.05, 0) is 43.3 Å². The summed E-state index contributed by atoms with van der Waals surface area (Å²) in [6.07, 6.45) is 1.56. The van der Waals surface area contributed by atoms with Gasteiger partial charge >= 0.3 is 0 Å². The number of nitrogens with one attached hydrogen (secondary N) is 1. The van der Waals surface area contributed by atoms with E-state index in [0.717, 1.165) is 15.2 Å². The molecule has 0 aliphatic rings.